The van der Waals surface area contributed by atoms with Crippen LogP contribution in [0.5, 0.6) is 0 Å². The maximum Gasteiger partial charge on any atom is 0.0192 e. The second-order valence-electron chi connectivity index (χ2n) is 5.25. The number of nitrogens with one attached hydrogen (secondary N) is 1. The maximum absolute atomic E-state index is 3.51. The second kappa shape index (κ2) is 7.25. The molecule has 0 aliphatic carbocycles. The van der Waals surface area contributed by atoms with Crippen LogP contribution in [0.3, 0.4) is 0 Å². The summed E-state index contributed by atoms with van der Waals surface area (Å²) in [5.74, 6) is 0. The van der Waals surface area contributed by atoms with E-state index < -0.39 is 0 Å². The highest BCUT2D eigenvalue weighted by Crippen LogP contribution is 2.15. The first-order valence-corrected chi connectivity index (χ1v) is 6.76. The number of hydrogen-bond acceptors (Lipinski definition) is 3. The molecule has 0 amide bonds. The van der Waals surface area contributed by atoms with E-state index >= 15 is 0 Å². The molecular weight excluding hydrogens is 198 g/mol. The number of likely N-dealkylation sites (N-methyl/N-ethyl adjacent to an activating group) is 1. The summed E-state index contributed by atoms with van der Waals surface area (Å²) in [5, 5.41) is 3.51. The fourth-order valence-corrected chi connectivity index (χ4v) is 2.39. The van der Waals surface area contributed by atoms with Crippen LogP contribution in [-0.2, 0) is 0 Å². The average molecular weight is 227 g/mol. The monoisotopic (exact) mass is 227 g/mol. The van der Waals surface area contributed by atoms with Crippen molar-refractivity contribution < 1.29 is 0 Å². The molecule has 1 heterocycles. The molecule has 3 nitrogen and oxygen atoms in total. The van der Waals surface area contributed by atoms with Gasteiger partial charge in [0.25, 0.3) is 0 Å². The standard InChI is InChI=1S/C13H29N3/c1-5-8-14-11-12(2)16(4)13-6-9-15(3)10-7-13/h12-14H,5-11H2,1-4H3. The number of likely N-dealkylation sites (tertiary alicyclic amines) is 1. The number of piperidine rings is 1. The van der Waals surface area contributed by atoms with Crippen molar-refractivity contribution in [3.05, 3.63) is 0 Å². The Bertz CT molecular complexity index is 176. The first kappa shape index (κ1) is 13.9. The van der Waals surface area contributed by atoms with Crippen molar-refractivity contribution >= 4 is 0 Å². The highest BCUT2D eigenvalue weighted by atomic mass is 15.2. The number of hydrogen-bond donors (Lipinski definition) is 1. The van der Waals surface area contributed by atoms with Gasteiger partial charge in [0, 0.05) is 18.6 Å². The van der Waals surface area contributed by atoms with E-state index in [1.54, 1.807) is 0 Å². The van der Waals surface area contributed by atoms with Crippen LogP contribution in [-0.4, -0.2) is 62.2 Å². The Balaban J connectivity index is 2.24. The Morgan fingerprint density at radius 3 is 2.56 bits per heavy atom. The molecule has 1 unspecified atom stereocenters. The molecule has 0 spiro atoms. The van der Waals surface area contributed by atoms with Gasteiger partial charge in [-0.1, -0.05) is 6.92 Å². The molecule has 0 aromatic rings. The fourth-order valence-electron chi connectivity index (χ4n) is 2.39. The normalized spacial score (nSPS) is 21.6. The summed E-state index contributed by atoms with van der Waals surface area (Å²) in [7, 11) is 4.51. The highest BCUT2D eigenvalue weighted by Gasteiger charge is 2.23. The van der Waals surface area contributed by atoms with Crippen LogP contribution in [0.15, 0.2) is 0 Å². The van der Waals surface area contributed by atoms with Crippen molar-refractivity contribution in [2.45, 2.75) is 45.2 Å². The topological polar surface area (TPSA) is 18.5 Å². The largest absolute Gasteiger partial charge is 0.315 e. The molecular formula is C13H29N3. The Labute approximate surface area is 101 Å². The zero-order chi connectivity index (χ0) is 12.0. The lowest BCUT2D eigenvalue weighted by Gasteiger charge is -2.38. The van der Waals surface area contributed by atoms with Crippen LogP contribution >= 0.6 is 0 Å². The van der Waals surface area contributed by atoms with E-state index in [0.717, 1.165) is 19.1 Å². The van der Waals surface area contributed by atoms with E-state index in [-0.39, 0.29) is 0 Å². The quantitative estimate of drug-likeness (QED) is 0.692. The molecule has 0 aromatic carbocycles. The maximum atomic E-state index is 3.51. The average Bonchev–Trinajstić information content (AvgIpc) is 2.29. The second-order valence-corrected chi connectivity index (χ2v) is 5.25. The smallest absolute Gasteiger partial charge is 0.0192 e. The van der Waals surface area contributed by atoms with E-state index in [0.29, 0.717) is 6.04 Å². The molecule has 1 atom stereocenters. The molecule has 1 N–H and O–H groups in total. The van der Waals surface area contributed by atoms with E-state index in [2.05, 4.69) is 43.1 Å². The summed E-state index contributed by atoms with van der Waals surface area (Å²) in [6.45, 7) is 9.33. The Morgan fingerprint density at radius 1 is 1.38 bits per heavy atom. The molecule has 96 valence electrons. The van der Waals surface area contributed by atoms with Crippen molar-refractivity contribution in [2.75, 3.05) is 40.3 Å². The summed E-state index contributed by atoms with van der Waals surface area (Å²) in [4.78, 5) is 5.00. The summed E-state index contributed by atoms with van der Waals surface area (Å²) in [5.41, 5.74) is 0. The molecule has 1 fully saturated rings. The molecule has 1 aliphatic heterocycles. The van der Waals surface area contributed by atoms with Gasteiger partial charge in [-0.15, -0.1) is 0 Å². The van der Waals surface area contributed by atoms with Crippen molar-refractivity contribution in [1.82, 2.24) is 15.1 Å². The third kappa shape index (κ3) is 4.40. The Hall–Kier alpha value is -0.120. The molecule has 1 rings (SSSR count). The van der Waals surface area contributed by atoms with Crippen LogP contribution in [0.25, 0.3) is 0 Å². The molecule has 1 aliphatic rings. The molecule has 0 bridgehead atoms. The van der Waals surface area contributed by atoms with Gasteiger partial charge in [-0.3, -0.25) is 4.90 Å². The lowest BCUT2D eigenvalue weighted by molar-refractivity contribution is 0.113. The van der Waals surface area contributed by atoms with Gasteiger partial charge in [-0.05, 0) is 59.9 Å². The summed E-state index contributed by atoms with van der Waals surface area (Å²) < 4.78 is 0. The van der Waals surface area contributed by atoms with Crippen LogP contribution in [0, 0.1) is 0 Å². The van der Waals surface area contributed by atoms with Crippen LogP contribution < -0.4 is 5.32 Å². The summed E-state index contributed by atoms with van der Waals surface area (Å²) >= 11 is 0. The zero-order valence-electron chi connectivity index (χ0n) is 11.5. The third-order valence-corrected chi connectivity index (χ3v) is 3.83. The van der Waals surface area contributed by atoms with Gasteiger partial charge in [0.1, 0.15) is 0 Å². The highest BCUT2D eigenvalue weighted by molar-refractivity contribution is 4.80. The van der Waals surface area contributed by atoms with E-state index in [9.17, 15) is 0 Å². The molecule has 0 aromatic heterocycles. The lowest BCUT2D eigenvalue weighted by atomic mass is 10.0. The van der Waals surface area contributed by atoms with Crippen LogP contribution in [0.4, 0.5) is 0 Å². The van der Waals surface area contributed by atoms with Gasteiger partial charge in [0.05, 0.1) is 0 Å². The first-order chi connectivity index (χ1) is 7.65. The van der Waals surface area contributed by atoms with E-state index in [1.807, 2.05) is 0 Å². The van der Waals surface area contributed by atoms with Gasteiger partial charge in [0.15, 0.2) is 0 Å². The Kier molecular flexibility index (Phi) is 6.32. The van der Waals surface area contributed by atoms with Gasteiger partial charge in [-0.2, -0.15) is 0 Å². The summed E-state index contributed by atoms with van der Waals surface area (Å²) in [6.07, 6.45) is 3.88. The minimum absolute atomic E-state index is 0.653. The minimum Gasteiger partial charge on any atom is -0.315 e. The number of rotatable bonds is 6. The first-order valence-electron chi connectivity index (χ1n) is 6.76. The van der Waals surface area contributed by atoms with Crippen molar-refractivity contribution in [2.24, 2.45) is 0 Å². The van der Waals surface area contributed by atoms with Gasteiger partial charge >= 0.3 is 0 Å². The Morgan fingerprint density at radius 2 is 2.00 bits per heavy atom. The molecule has 16 heavy (non-hydrogen) atoms. The molecule has 0 radical (unpaired) electrons. The van der Waals surface area contributed by atoms with Crippen molar-refractivity contribution in [3.8, 4) is 0 Å². The third-order valence-electron chi connectivity index (χ3n) is 3.83. The van der Waals surface area contributed by atoms with Crippen LogP contribution in [0.2, 0.25) is 0 Å². The minimum atomic E-state index is 0.653. The van der Waals surface area contributed by atoms with Crippen molar-refractivity contribution in [1.29, 1.82) is 0 Å². The molecule has 1 saturated heterocycles. The molecule has 3 heteroatoms. The van der Waals surface area contributed by atoms with E-state index in [1.165, 1.54) is 32.4 Å². The fraction of sp³-hybridized carbons (Fsp3) is 1.00. The SMILES string of the molecule is CCCNCC(C)N(C)C1CCN(C)CC1. The lowest BCUT2D eigenvalue weighted by Crippen LogP contribution is -2.48. The molecule has 0 saturated carbocycles. The van der Waals surface area contributed by atoms with Gasteiger partial charge in [0.2, 0.25) is 0 Å². The van der Waals surface area contributed by atoms with Crippen LogP contribution in [0.1, 0.15) is 33.1 Å². The number of nitrogens with zero attached hydrogens (tertiary/aromatic N) is 2. The van der Waals surface area contributed by atoms with Gasteiger partial charge in [-0.25, -0.2) is 0 Å². The zero-order valence-corrected chi connectivity index (χ0v) is 11.5. The van der Waals surface area contributed by atoms with Crippen molar-refractivity contribution in [3.63, 3.8) is 0 Å². The van der Waals surface area contributed by atoms with Gasteiger partial charge < -0.3 is 10.2 Å². The summed E-state index contributed by atoms with van der Waals surface area (Å²) in [6, 6.07) is 1.44. The predicted molar refractivity (Wildman–Crippen MR) is 70.9 cm³/mol. The predicted octanol–water partition coefficient (Wildman–Crippen LogP) is 1.40. The van der Waals surface area contributed by atoms with E-state index in [4.69, 9.17) is 0 Å².